The average molecular weight is 422 g/mol. The Morgan fingerprint density at radius 2 is 1.89 bits per heavy atom. The topological polar surface area (TPSA) is 129 Å². The molecule has 3 aromatic rings. The number of nitrogens with zero attached hydrogens (tertiary/aromatic N) is 1. The lowest BCUT2D eigenvalue weighted by atomic mass is 10.2. The Labute approximate surface area is 165 Å². The van der Waals surface area contributed by atoms with Crippen molar-refractivity contribution in [3.63, 3.8) is 0 Å². The minimum Gasteiger partial charge on any atom is -0.480 e. The van der Waals surface area contributed by atoms with Crippen molar-refractivity contribution in [2.24, 2.45) is 0 Å². The zero-order valence-electron chi connectivity index (χ0n) is 14.4. The molecule has 2 aromatic carbocycles. The van der Waals surface area contributed by atoms with E-state index in [0.717, 1.165) is 0 Å². The van der Waals surface area contributed by atoms with Crippen LogP contribution in [0.15, 0.2) is 53.4 Å². The van der Waals surface area contributed by atoms with E-state index in [4.69, 9.17) is 11.6 Å². The number of hydrogen-bond acceptors (Lipinski definition) is 5. The molecule has 0 aliphatic rings. The van der Waals surface area contributed by atoms with Gasteiger partial charge in [-0.25, -0.2) is 18.2 Å². The fraction of sp³-hybridized carbons (Fsp3) is 0.167. The molecule has 0 saturated heterocycles. The number of fused-ring (bicyclic) bond motifs is 1. The van der Waals surface area contributed by atoms with Gasteiger partial charge in [-0.2, -0.15) is 0 Å². The summed E-state index contributed by atoms with van der Waals surface area (Å²) in [5, 5.41) is 12.1. The Bertz CT molecular complexity index is 1130. The van der Waals surface area contributed by atoms with Crippen LogP contribution in [0.25, 0.3) is 11.0 Å². The number of imidazole rings is 1. The lowest BCUT2D eigenvalue weighted by molar-refractivity contribution is -0.141. The zero-order chi connectivity index (χ0) is 20.3. The number of carboxylic acids is 1. The van der Waals surface area contributed by atoms with Crippen molar-refractivity contribution >= 4 is 44.3 Å². The molecule has 1 amide bonds. The van der Waals surface area contributed by atoms with Crippen LogP contribution in [0.1, 0.15) is 5.82 Å². The van der Waals surface area contributed by atoms with Crippen LogP contribution in [0.2, 0.25) is 5.02 Å². The van der Waals surface area contributed by atoms with Gasteiger partial charge in [0, 0.05) is 11.4 Å². The monoisotopic (exact) mass is 421 g/mol. The van der Waals surface area contributed by atoms with Crippen LogP contribution in [0.3, 0.4) is 0 Å². The maximum absolute atomic E-state index is 12.3. The number of halogens is 1. The molecule has 0 aliphatic heterocycles. The smallest absolute Gasteiger partial charge is 0.326 e. The molecule has 1 aromatic heterocycles. The third-order valence-electron chi connectivity index (χ3n) is 3.95. The van der Waals surface area contributed by atoms with Crippen LogP contribution in [0.5, 0.6) is 0 Å². The highest BCUT2D eigenvalue weighted by atomic mass is 35.5. The van der Waals surface area contributed by atoms with E-state index in [-0.39, 0.29) is 11.3 Å². The number of aromatic nitrogens is 2. The van der Waals surface area contributed by atoms with E-state index in [2.05, 4.69) is 15.3 Å². The van der Waals surface area contributed by atoms with Crippen LogP contribution in [-0.2, 0) is 25.8 Å². The first-order valence-corrected chi connectivity index (χ1v) is 10.2. The van der Waals surface area contributed by atoms with Gasteiger partial charge >= 0.3 is 5.97 Å². The molecule has 0 radical (unpaired) electrons. The van der Waals surface area contributed by atoms with E-state index in [9.17, 15) is 23.1 Å². The summed E-state index contributed by atoms with van der Waals surface area (Å²) in [7, 11) is -3.87. The Kier molecular flexibility index (Phi) is 5.66. The van der Waals surface area contributed by atoms with Gasteiger partial charge in [0.25, 0.3) is 0 Å². The standard InChI is InChI=1S/C18H16ClN3O5S/c19-11-6-7-13-14(8-11)21-16(20-13)9-15(18(24)25)22-17(23)10-28(26,27)12-4-2-1-3-5-12/h1-8,15H,9-10H2,(H,20,21)(H,22,23)(H,24,25)/t15-/m1/s1. The van der Waals surface area contributed by atoms with Gasteiger partial charge < -0.3 is 15.4 Å². The number of carboxylic acid groups (broad SMARTS) is 1. The molecule has 0 spiro atoms. The third-order valence-corrected chi connectivity index (χ3v) is 5.81. The van der Waals surface area contributed by atoms with E-state index in [1.54, 1.807) is 36.4 Å². The number of benzene rings is 2. The number of H-pyrrole nitrogens is 1. The lowest BCUT2D eigenvalue weighted by Crippen LogP contribution is -2.44. The first-order chi connectivity index (χ1) is 13.2. The second-order valence-electron chi connectivity index (χ2n) is 6.08. The molecule has 28 heavy (non-hydrogen) atoms. The Morgan fingerprint density at radius 1 is 1.18 bits per heavy atom. The number of sulfone groups is 1. The number of amides is 1. The SMILES string of the molecule is O=C(CS(=O)(=O)c1ccccc1)N[C@H](Cc1nc2ccc(Cl)cc2[nH]1)C(=O)O. The molecule has 1 atom stereocenters. The summed E-state index contributed by atoms with van der Waals surface area (Å²) in [5.41, 5.74) is 1.23. The molecule has 10 heteroatoms. The summed E-state index contributed by atoms with van der Waals surface area (Å²) in [6.07, 6.45) is -0.140. The van der Waals surface area contributed by atoms with E-state index >= 15 is 0 Å². The van der Waals surface area contributed by atoms with Gasteiger partial charge in [0.2, 0.25) is 5.91 Å². The minimum atomic E-state index is -3.87. The largest absolute Gasteiger partial charge is 0.480 e. The molecule has 3 N–H and O–H groups in total. The van der Waals surface area contributed by atoms with Crippen LogP contribution < -0.4 is 5.32 Å². The van der Waals surface area contributed by atoms with E-state index in [1.165, 1.54) is 12.1 Å². The van der Waals surface area contributed by atoms with Gasteiger partial charge in [-0.3, -0.25) is 4.79 Å². The average Bonchev–Trinajstić information content (AvgIpc) is 3.02. The van der Waals surface area contributed by atoms with Crippen molar-refractivity contribution < 1.29 is 23.1 Å². The summed E-state index contributed by atoms with van der Waals surface area (Å²) in [6.45, 7) is 0. The van der Waals surface area contributed by atoms with Crippen molar-refractivity contribution in [2.75, 3.05) is 5.75 Å². The zero-order valence-corrected chi connectivity index (χ0v) is 16.0. The lowest BCUT2D eigenvalue weighted by Gasteiger charge is -2.13. The van der Waals surface area contributed by atoms with Gasteiger partial charge in [-0.15, -0.1) is 0 Å². The highest BCUT2D eigenvalue weighted by Crippen LogP contribution is 2.18. The minimum absolute atomic E-state index is 0.00816. The fourth-order valence-corrected chi connectivity index (χ4v) is 3.98. The molecule has 8 nitrogen and oxygen atoms in total. The maximum Gasteiger partial charge on any atom is 0.326 e. The third kappa shape index (κ3) is 4.68. The second-order valence-corrected chi connectivity index (χ2v) is 8.51. The Balaban J connectivity index is 1.71. The van der Waals surface area contributed by atoms with Crippen LogP contribution in [0.4, 0.5) is 0 Å². The van der Waals surface area contributed by atoms with Gasteiger partial charge in [0.05, 0.1) is 15.9 Å². The van der Waals surface area contributed by atoms with Crippen molar-refractivity contribution in [3.8, 4) is 0 Å². The molecule has 0 unspecified atom stereocenters. The van der Waals surface area contributed by atoms with Crippen LogP contribution in [0, 0.1) is 0 Å². The molecular formula is C18H16ClN3O5S. The van der Waals surface area contributed by atoms with E-state index in [1.807, 2.05) is 0 Å². The number of rotatable bonds is 7. The number of nitrogens with one attached hydrogen (secondary N) is 2. The van der Waals surface area contributed by atoms with Gasteiger partial charge in [0.1, 0.15) is 17.6 Å². The predicted molar refractivity (Wildman–Crippen MR) is 103 cm³/mol. The number of hydrogen-bond donors (Lipinski definition) is 3. The number of carbonyl (C=O) groups excluding carboxylic acids is 1. The molecule has 1 heterocycles. The summed E-state index contributed by atoms with van der Waals surface area (Å²) >= 11 is 5.91. The Hall–Kier alpha value is -2.91. The van der Waals surface area contributed by atoms with Crippen molar-refractivity contribution in [3.05, 3.63) is 59.4 Å². The van der Waals surface area contributed by atoms with Gasteiger partial charge in [0.15, 0.2) is 9.84 Å². The number of aromatic amines is 1. The highest BCUT2D eigenvalue weighted by Gasteiger charge is 2.25. The molecule has 3 rings (SSSR count). The molecule has 146 valence electrons. The fourth-order valence-electron chi connectivity index (χ4n) is 2.64. The van der Waals surface area contributed by atoms with E-state index in [0.29, 0.717) is 21.9 Å². The van der Waals surface area contributed by atoms with Crippen molar-refractivity contribution in [1.29, 1.82) is 0 Å². The first-order valence-electron chi connectivity index (χ1n) is 8.19. The molecule has 0 saturated carbocycles. The molecular weight excluding hydrogens is 406 g/mol. The number of carbonyl (C=O) groups is 2. The van der Waals surface area contributed by atoms with Gasteiger partial charge in [-0.05, 0) is 30.3 Å². The molecule has 0 aliphatic carbocycles. The quantitative estimate of drug-likeness (QED) is 0.533. The molecule has 0 fully saturated rings. The highest BCUT2D eigenvalue weighted by molar-refractivity contribution is 7.92. The van der Waals surface area contributed by atoms with Crippen molar-refractivity contribution in [2.45, 2.75) is 17.4 Å². The summed E-state index contributed by atoms with van der Waals surface area (Å²) in [6, 6.07) is 11.1. The van der Waals surface area contributed by atoms with Crippen LogP contribution >= 0.6 is 11.6 Å². The normalized spacial score (nSPS) is 12.6. The maximum atomic E-state index is 12.3. The Morgan fingerprint density at radius 3 is 2.57 bits per heavy atom. The predicted octanol–water partition coefficient (Wildman–Crippen LogP) is 1.80. The summed E-state index contributed by atoms with van der Waals surface area (Å²) < 4.78 is 24.5. The van der Waals surface area contributed by atoms with E-state index < -0.39 is 33.5 Å². The summed E-state index contributed by atoms with van der Waals surface area (Å²) in [4.78, 5) is 30.9. The second kappa shape index (κ2) is 7.99. The summed E-state index contributed by atoms with van der Waals surface area (Å²) in [5.74, 6) is -2.73. The molecule has 0 bridgehead atoms. The van der Waals surface area contributed by atoms with Crippen LogP contribution in [-0.4, -0.2) is 47.2 Å². The first kappa shape index (κ1) is 19.8. The van der Waals surface area contributed by atoms with Gasteiger partial charge in [-0.1, -0.05) is 29.8 Å². The number of aliphatic carboxylic acids is 1. The van der Waals surface area contributed by atoms with Crippen molar-refractivity contribution in [1.82, 2.24) is 15.3 Å².